The number of anilines is 1. The molecule has 2 aromatic rings. The number of benzene rings is 2. The van der Waals surface area contributed by atoms with Gasteiger partial charge in [0.1, 0.15) is 5.75 Å². The van der Waals surface area contributed by atoms with Gasteiger partial charge in [0, 0.05) is 18.5 Å². The van der Waals surface area contributed by atoms with E-state index in [9.17, 15) is 8.42 Å². The summed E-state index contributed by atoms with van der Waals surface area (Å²) < 4.78 is 28.3. The molecule has 0 bridgehead atoms. The normalized spacial score (nSPS) is 11.2. The van der Waals surface area contributed by atoms with Gasteiger partial charge in [-0.2, -0.15) is 0 Å². The number of methoxy groups -OCH3 is 1. The van der Waals surface area contributed by atoms with Crippen molar-refractivity contribution in [2.75, 3.05) is 18.7 Å². The van der Waals surface area contributed by atoms with E-state index in [1.54, 1.807) is 25.3 Å². The second-order valence-electron chi connectivity index (χ2n) is 4.96. The van der Waals surface area contributed by atoms with Crippen LogP contribution in [0.2, 0.25) is 0 Å². The molecule has 0 aliphatic rings. The highest BCUT2D eigenvalue weighted by Gasteiger charge is 2.07. The fourth-order valence-corrected chi connectivity index (χ4v) is 2.76. The monoisotopic (exact) mass is 305 g/mol. The van der Waals surface area contributed by atoms with Crippen LogP contribution < -0.4 is 10.1 Å². The average Bonchev–Trinajstić information content (AvgIpc) is 2.45. The van der Waals surface area contributed by atoms with E-state index in [2.05, 4.69) is 5.32 Å². The minimum absolute atomic E-state index is 0.318. The molecule has 0 fully saturated rings. The third-order valence-corrected chi connectivity index (χ3v) is 4.33. The lowest BCUT2D eigenvalue weighted by Crippen LogP contribution is -2.02. The summed E-state index contributed by atoms with van der Waals surface area (Å²) in [6.45, 7) is 2.62. The number of ether oxygens (including phenoxy) is 1. The number of nitrogens with one attached hydrogen (secondary N) is 1. The van der Waals surface area contributed by atoms with Crippen LogP contribution >= 0.6 is 0 Å². The summed E-state index contributed by atoms with van der Waals surface area (Å²) >= 11 is 0. The van der Waals surface area contributed by atoms with Crippen molar-refractivity contribution in [3.8, 4) is 5.75 Å². The maximum absolute atomic E-state index is 11.5. The number of hydrogen-bond acceptors (Lipinski definition) is 4. The summed E-state index contributed by atoms with van der Waals surface area (Å²) in [4.78, 5) is 0.318. The smallest absolute Gasteiger partial charge is 0.175 e. The fraction of sp³-hybridized carbons (Fsp3) is 0.250. The summed E-state index contributed by atoms with van der Waals surface area (Å²) in [6.07, 6.45) is 1.21. The van der Waals surface area contributed by atoms with Crippen LogP contribution in [-0.2, 0) is 16.4 Å². The molecule has 0 aromatic heterocycles. The summed E-state index contributed by atoms with van der Waals surface area (Å²) in [5, 5.41) is 3.23. The second kappa shape index (κ2) is 6.18. The highest BCUT2D eigenvalue weighted by molar-refractivity contribution is 7.90. The highest BCUT2D eigenvalue weighted by atomic mass is 32.2. The molecule has 1 N–H and O–H groups in total. The Morgan fingerprint density at radius 1 is 1.14 bits per heavy atom. The number of aryl methyl sites for hydroxylation is 1. The Morgan fingerprint density at radius 2 is 1.90 bits per heavy atom. The zero-order valence-corrected chi connectivity index (χ0v) is 13.2. The van der Waals surface area contributed by atoms with Gasteiger partial charge in [-0.3, -0.25) is 0 Å². The predicted octanol–water partition coefficient (Wildman–Crippen LogP) is 3.02. The van der Waals surface area contributed by atoms with E-state index >= 15 is 0 Å². The van der Waals surface area contributed by atoms with Crippen molar-refractivity contribution < 1.29 is 13.2 Å². The maximum atomic E-state index is 11.5. The number of sulfone groups is 1. The maximum Gasteiger partial charge on any atom is 0.175 e. The Hall–Kier alpha value is -2.01. The molecule has 5 heteroatoms. The topological polar surface area (TPSA) is 55.4 Å². The Bertz CT molecular complexity index is 739. The summed E-state index contributed by atoms with van der Waals surface area (Å²) in [5.74, 6) is 0.859. The average molecular weight is 305 g/mol. The van der Waals surface area contributed by atoms with Gasteiger partial charge in [0.2, 0.25) is 0 Å². The van der Waals surface area contributed by atoms with Crippen molar-refractivity contribution in [3.05, 3.63) is 53.6 Å². The van der Waals surface area contributed by atoms with Gasteiger partial charge in [-0.1, -0.05) is 18.2 Å². The Kier molecular flexibility index (Phi) is 4.53. The van der Waals surface area contributed by atoms with E-state index in [4.69, 9.17) is 4.74 Å². The lowest BCUT2D eigenvalue weighted by Gasteiger charge is -2.10. The standard InChI is InChI=1S/C16H19NO3S/c1-12-9-13(7-8-16(12)20-2)11-17-14-5-4-6-15(10-14)21(3,18)19/h4-10,17H,11H2,1-3H3. The second-order valence-corrected chi connectivity index (χ2v) is 6.97. The number of hydrogen-bond donors (Lipinski definition) is 1. The molecule has 0 saturated carbocycles. The van der Waals surface area contributed by atoms with Crippen molar-refractivity contribution in [1.29, 1.82) is 0 Å². The molecule has 112 valence electrons. The van der Waals surface area contributed by atoms with Gasteiger partial charge in [-0.15, -0.1) is 0 Å². The quantitative estimate of drug-likeness (QED) is 0.922. The molecule has 0 aliphatic heterocycles. The largest absolute Gasteiger partial charge is 0.496 e. The van der Waals surface area contributed by atoms with Crippen molar-refractivity contribution in [3.63, 3.8) is 0 Å². The van der Waals surface area contributed by atoms with E-state index in [1.165, 1.54) is 6.26 Å². The van der Waals surface area contributed by atoms with Gasteiger partial charge in [0.15, 0.2) is 9.84 Å². The minimum Gasteiger partial charge on any atom is -0.496 e. The fourth-order valence-electron chi connectivity index (χ4n) is 2.09. The van der Waals surface area contributed by atoms with Gasteiger partial charge in [-0.25, -0.2) is 8.42 Å². The molecule has 0 spiro atoms. The van der Waals surface area contributed by atoms with Crippen LogP contribution in [0.4, 0.5) is 5.69 Å². The zero-order valence-electron chi connectivity index (χ0n) is 12.4. The SMILES string of the molecule is COc1ccc(CNc2cccc(S(C)(=O)=O)c2)cc1C. The summed E-state index contributed by atoms with van der Waals surface area (Å²) in [6, 6.07) is 12.8. The molecule has 4 nitrogen and oxygen atoms in total. The summed E-state index contributed by atoms with van der Waals surface area (Å²) in [7, 11) is -1.53. The molecule has 0 atom stereocenters. The molecule has 0 radical (unpaired) electrons. The zero-order chi connectivity index (χ0) is 15.5. The first kappa shape index (κ1) is 15.4. The number of rotatable bonds is 5. The Balaban J connectivity index is 2.11. The van der Waals surface area contributed by atoms with Crippen molar-refractivity contribution in [2.45, 2.75) is 18.4 Å². The van der Waals surface area contributed by atoms with Crippen LogP contribution in [0.3, 0.4) is 0 Å². The van der Waals surface area contributed by atoms with Gasteiger partial charge >= 0.3 is 0 Å². The van der Waals surface area contributed by atoms with Crippen LogP contribution in [0, 0.1) is 6.92 Å². The van der Waals surface area contributed by atoms with Crippen LogP contribution in [0.5, 0.6) is 5.75 Å². The van der Waals surface area contributed by atoms with Crippen LogP contribution in [-0.4, -0.2) is 21.8 Å². The van der Waals surface area contributed by atoms with Crippen molar-refractivity contribution >= 4 is 15.5 Å². The van der Waals surface area contributed by atoms with E-state index in [1.807, 2.05) is 31.2 Å². The van der Waals surface area contributed by atoms with Gasteiger partial charge in [0.25, 0.3) is 0 Å². The molecular weight excluding hydrogens is 286 g/mol. The molecule has 21 heavy (non-hydrogen) atoms. The first-order valence-electron chi connectivity index (χ1n) is 6.57. The van der Waals surface area contributed by atoms with Gasteiger partial charge in [0.05, 0.1) is 12.0 Å². The molecule has 0 unspecified atom stereocenters. The molecule has 0 saturated heterocycles. The molecule has 0 aliphatic carbocycles. The van der Waals surface area contributed by atoms with E-state index in [0.717, 1.165) is 22.6 Å². The molecular formula is C16H19NO3S. The predicted molar refractivity (Wildman–Crippen MR) is 84.6 cm³/mol. The molecule has 2 rings (SSSR count). The molecule has 0 heterocycles. The van der Waals surface area contributed by atoms with Crippen LogP contribution in [0.25, 0.3) is 0 Å². The lowest BCUT2D eigenvalue weighted by molar-refractivity contribution is 0.411. The summed E-state index contributed by atoms with van der Waals surface area (Å²) in [5.41, 5.74) is 2.96. The Labute approximate surface area is 125 Å². The highest BCUT2D eigenvalue weighted by Crippen LogP contribution is 2.20. The minimum atomic E-state index is -3.18. The Morgan fingerprint density at radius 3 is 2.52 bits per heavy atom. The van der Waals surface area contributed by atoms with Crippen LogP contribution in [0.15, 0.2) is 47.4 Å². The third kappa shape index (κ3) is 3.98. The van der Waals surface area contributed by atoms with Gasteiger partial charge in [-0.05, 0) is 42.3 Å². The lowest BCUT2D eigenvalue weighted by atomic mass is 10.1. The third-order valence-electron chi connectivity index (χ3n) is 3.22. The first-order chi connectivity index (χ1) is 9.90. The van der Waals surface area contributed by atoms with Gasteiger partial charge < -0.3 is 10.1 Å². The van der Waals surface area contributed by atoms with E-state index < -0.39 is 9.84 Å². The van der Waals surface area contributed by atoms with Crippen molar-refractivity contribution in [1.82, 2.24) is 0 Å². The van der Waals surface area contributed by atoms with E-state index in [0.29, 0.717) is 11.4 Å². The van der Waals surface area contributed by atoms with Crippen LogP contribution in [0.1, 0.15) is 11.1 Å². The first-order valence-corrected chi connectivity index (χ1v) is 8.47. The molecule has 2 aromatic carbocycles. The van der Waals surface area contributed by atoms with E-state index in [-0.39, 0.29) is 0 Å². The molecule has 0 amide bonds. The van der Waals surface area contributed by atoms with Crippen molar-refractivity contribution in [2.24, 2.45) is 0 Å².